The Balaban J connectivity index is 1.61. The fourth-order valence-electron chi connectivity index (χ4n) is 2.99. The highest BCUT2D eigenvalue weighted by molar-refractivity contribution is 6.13. The van der Waals surface area contributed by atoms with Gasteiger partial charge >= 0.3 is 0 Å². The highest BCUT2D eigenvalue weighted by Gasteiger charge is 2.34. The number of epoxide rings is 2. The number of benzene rings is 2. The third-order valence-electron chi connectivity index (χ3n) is 4.64. The Morgan fingerprint density at radius 2 is 1.07 bits per heavy atom. The average Bonchev–Trinajstić information content (AvgIpc) is 3.62. The molecular formula is C22H22N2O4. The number of nitrogens with one attached hydrogen (secondary N) is 2. The minimum absolute atomic E-state index is 0.0174. The molecule has 2 aliphatic rings. The molecule has 2 fully saturated rings. The fourth-order valence-corrected chi connectivity index (χ4v) is 2.99. The van der Waals surface area contributed by atoms with Crippen molar-refractivity contribution in [2.24, 2.45) is 0 Å². The van der Waals surface area contributed by atoms with Crippen molar-refractivity contribution in [2.75, 3.05) is 23.8 Å². The van der Waals surface area contributed by atoms with Crippen LogP contribution in [0, 0.1) is 0 Å². The van der Waals surface area contributed by atoms with Crippen LogP contribution in [0.2, 0.25) is 0 Å². The van der Waals surface area contributed by atoms with Gasteiger partial charge in [-0.3, -0.25) is 9.59 Å². The monoisotopic (exact) mass is 378 g/mol. The Hall–Kier alpha value is -2.96. The third-order valence-corrected chi connectivity index (χ3v) is 4.64. The summed E-state index contributed by atoms with van der Waals surface area (Å²) in [6.07, 6.45) is 0.776. The Kier molecular flexibility index (Phi) is 5.50. The van der Waals surface area contributed by atoms with E-state index in [1.165, 1.54) is 0 Å². The Labute approximate surface area is 163 Å². The van der Waals surface area contributed by atoms with Gasteiger partial charge in [0.05, 0.1) is 25.4 Å². The second-order valence-electron chi connectivity index (χ2n) is 6.92. The van der Waals surface area contributed by atoms with Gasteiger partial charge in [0, 0.05) is 35.4 Å². The zero-order valence-electron chi connectivity index (χ0n) is 15.4. The van der Waals surface area contributed by atoms with E-state index < -0.39 is 0 Å². The van der Waals surface area contributed by atoms with Gasteiger partial charge in [0.25, 0.3) is 11.8 Å². The van der Waals surface area contributed by atoms with Gasteiger partial charge in [0.2, 0.25) is 0 Å². The Bertz CT molecular complexity index is 798. The Morgan fingerprint density at radius 1 is 0.714 bits per heavy atom. The van der Waals surface area contributed by atoms with Crippen LogP contribution in [0.5, 0.6) is 0 Å². The SMILES string of the molecule is O=C(Nc1ccccc1)C(CC1CO1)=C(CC1CO1)C(=O)Nc1ccccc1. The van der Waals surface area contributed by atoms with Crippen molar-refractivity contribution in [1.29, 1.82) is 0 Å². The first-order valence-corrected chi connectivity index (χ1v) is 9.37. The predicted molar refractivity (Wildman–Crippen MR) is 106 cm³/mol. The second kappa shape index (κ2) is 8.37. The standard InChI is InChI=1S/C22H22N2O4/c25-21(23-15-7-3-1-4-8-15)19(11-17-13-27-17)20(12-18-14-28-18)22(26)24-16-9-5-2-6-10-16/h1-10,17-18H,11-14H2,(H,23,25)(H,24,26). The highest BCUT2D eigenvalue weighted by atomic mass is 16.6. The zero-order chi connectivity index (χ0) is 19.3. The fraction of sp³-hybridized carbons (Fsp3) is 0.273. The molecule has 0 aromatic heterocycles. The molecule has 0 aliphatic carbocycles. The summed E-state index contributed by atoms with van der Waals surface area (Å²) >= 11 is 0. The van der Waals surface area contributed by atoms with Gasteiger partial charge in [-0.25, -0.2) is 0 Å². The predicted octanol–water partition coefficient (Wildman–Crippen LogP) is 3.14. The van der Waals surface area contributed by atoms with Crippen LogP contribution in [0.25, 0.3) is 0 Å². The summed E-state index contributed by atoms with van der Waals surface area (Å²) in [6.45, 7) is 1.21. The molecule has 2 unspecified atom stereocenters. The molecule has 2 aromatic carbocycles. The van der Waals surface area contributed by atoms with Crippen LogP contribution in [-0.2, 0) is 19.1 Å². The highest BCUT2D eigenvalue weighted by Crippen LogP contribution is 2.29. The molecule has 2 amide bonds. The van der Waals surface area contributed by atoms with Gasteiger partial charge in [0.1, 0.15) is 0 Å². The summed E-state index contributed by atoms with van der Waals surface area (Å²) < 4.78 is 10.7. The van der Waals surface area contributed by atoms with E-state index in [4.69, 9.17) is 9.47 Å². The molecule has 144 valence electrons. The molecule has 2 atom stereocenters. The van der Waals surface area contributed by atoms with Crippen molar-refractivity contribution in [3.8, 4) is 0 Å². The van der Waals surface area contributed by atoms with E-state index in [2.05, 4.69) is 10.6 Å². The van der Waals surface area contributed by atoms with Crippen molar-refractivity contribution in [2.45, 2.75) is 25.0 Å². The van der Waals surface area contributed by atoms with Crippen LogP contribution < -0.4 is 10.6 Å². The van der Waals surface area contributed by atoms with E-state index in [1.807, 2.05) is 60.7 Å². The molecule has 2 N–H and O–H groups in total. The molecule has 6 nitrogen and oxygen atoms in total. The largest absolute Gasteiger partial charge is 0.373 e. The number of hydrogen-bond acceptors (Lipinski definition) is 4. The van der Waals surface area contributed by atoms with Gasteiger partial charge in [0.15, 0.2) is 0 Å². The number of anilines is 2. The summed E-state index contributed by atoms with van der Waals surface area (Å²) in [5.41, 5.74) is 2.28. The lowest BCUT2D eigenvalue weighted by Crippen LogP contribution is -2.24. The third kappa shape index (κ3) is 5.06. The average molecular weight is 378 g/mol. The van der Waals surface area contributed by atoms with Gasteiger partial charge in [-0.05, 0) is 24.3 Å². The smallest absolute Gasteiger partial charge is 0.252 e. The molecule has 0 bridgehead atoms. The van der Waals surface area contributed by atoms with Gasteiger partial charge in [-0.1, -0.05) is 36.4 Å². The van der Waals surface area contributed by atoms with E-state index in [0.717, 1.165) is 0 Å². The van der Waals surface area contributed by atoms with E-state index in [0.29, 0.717) is 48.6 Å². The second-order valence-corrected chi connectivity index (χ2v) is 6.92. The van der Waals surface area contributed by atoms with Gasteiger partial charge in [-0.15, -0.1) is 0 Å². The van der Waals surface area contributed by atoms with Gasteiger partial charge < -0.3 is 20.1 Å². The number of rotatable bonds is 8. The number of amides is 2. The van der Waals surface area contributed by atoms with Crippen molar-refractivity contribution < 1.29 is 19.1 Å². The summed E-state index contributed by atoms with van der Waals surface area (Å²) in [4.78, 5) is 26.1. The number of para-hydroxylation sites is 2. The van der Waals surface area contributed by atoms with Crippen LogP contribution in [-0.4, -0.2) is 37.2 Å². The van der Waals surface area contributed by atoms with Crippen molar-refractivity contribution >= 4 is 23.2 Å². The summed E-state index contributed by atoms with van der Waals surface area (Å²) in [5.74, 6) is -0.555. The Morgan fingerprint density at radius 3 is 1.39 bits per heavy atom. The molecular weight excluding hydrogens is 356 g/mol. The normalized spacial score (nSPS) is 20.7. The number of carbonyl (C=O) groups is 2. The molecule has 2 heterocycles. The molecule has 28 heavy (non-hydrogen) atoms. The van der Waals surface area contributed by atoms with Crippen LogP contribution in [0.1, 0.15) is 12.8 Å². The van der Waals surface area contributed by atoms with E-state index >= 15 is 0 Å². The van der Waals surface area contributed by atoms with Gasteiger partial charge in [-0.2, -0.15) is 0 Å². The van der Waals surface area contributed by atoms with Crippen LogP contribution >= 0.6 is 0 Å². The maximum absolute atomic E-state index is 13.0. The van der Waals surface area contributed by atoms with E-state index in [9.17, 15) is 9.59 Å². The first-order chi connectivity index (χ1) is 13.7. The van der Waals surface area contributed by atoms with Crippen LogP contribution in [0.15, 0.2) is 71.8 Å². The minimum Gasteiger partial charge on any atom is -0.373 e. The molecule has 6 heteroatoms. The lowest BCUT2D eigenvalue weighted by molar-refractivity contribution is -0.115. The quantitative estimate of drug-likeness (QED) is 0.546. The molecule has 0 saturated carbocycles. The van der Waals surface area contributed by atoms with E-state index in [1.54, 1.807) is 0 Å². The lowest BCUT2D eigenvalue weighted by atomic mass is 9.97. The maximum Gasteiger partial charge on any atom is 0.252 e. The number of hydrogen-bond donors (Lipinski definition) is 2. The first kappa shape index (κ1) is 18.4. The van der Waals surface area contributed by atoms with Crippen molar-refractivity contribution in [3.63, 3.8) is 0 Å². The molecule has 0 radical (unpaired) electrons. The topological polar surface area (TPSA) is 83.3 Å². The maximum atomic E-state index is 13.0. The molecule has 2 aliphatic heterocycles. The van der Waals surface area contributed by atoms with Crippen molar-refractivity contribution in [3.05, 3.63) is 71.8 Å². The molecule has 0 spiro atoms. The van der Waals surface area contributed by atoms with Crippen molar-refractivity contribution in [1.82, 2.24) is 0 Å². The van der Waals surface area contributed by atoms with Crippen LogP contribution in [0.4, 0.5) is 11.4 Å². The first-order valence-electron chi connectivity index (χ1n) is 9.37. The number of ether oxygens (including phenoxy) is 2. The minimum atomic E-state index is -0.277. The zero-order valence-corrected chi connectivity index (χ0v) is 15.4. The van der Waals surface area contributed by atoms with Crippen LogP contribution in [0.3, 0.4) is 0 Å². The lowest BCUT2D eigenvalue weighted by Gasteiger charge is -2.15. The number of carbonyl (C=O) groups excluding carboxylic acids is 2. The summed E-state index contributed by atoms with van der Waals surface area (Å²) in [5, 5.41) is 5.79. The summed E-state index contributed by atoms with van der Waals surface area (Å²) in [7, 11) is 0. The van der Waals surface area contributed by atoms with E-state index in [-0.39, 0.29) is 24.0 Å². The molecule has 2 saturated heterocycles. The molecule has 2 aromatic rings. The molecule has 4 rings (SSSR count). The summed E-state index contributed by atoms with van der Waals surface area (Å²) in [6, 6.07) is 18.4.